The molecule has 5 aliphatic carbocycles. The summed E-state index contributed by atoms with van der Waals surface area (Å²) in [6, 6.07) is 6.27. The molecule has 4 heteroatoms. The fraction of sp³-hybridized carbons (Fsp3) is 0.610. The zero-order chi connectivity index (χ0) is 32.9. The normalized spacial score (nSPS) is 38.5. The lowest BCUT2D eigenvalue weighted by atomic mass is 9.46. The van der Waals surface area contributed by atoms with Crippen LogP contribution in [0.25, 0.3) is 0 Å². The average molecular weight is 611 g/mol. The fourth-order valence-corrected chi connectivity index (χ4v) is 11.6. The molecule has 0 aliphatic heterocycles. The molecule has 1 aromatic carbocycles. The van der Waals surface area contributed by atoms with E-state index in [-0.39, 0.29) is 0 Å². The molecule has 0 aromatic heterocycles. The summed E-state index contributed by atoms with van der Waals surface area (Å²) in [5.74, 6) is 5.76. The van der Waals surface area contributed by atoms with E-state index in [1.165, 1.54) is 75.0 Å². The van der Waals surface area contributed by atoms with Crippen LogP contribution in [0, 0.1) is 51.8 Å². The van der Waals surface area contributed by atoms with Gasteiger partial charge in [-0.25, -0.2) is 0 Å². The Morgan fingerprint density at radius 2 is 1.71 bits per heavy atom. The van der Waals surface area contributed by atoms with Gasteiger partial charge >= 0.3 is 0 Å². The van der Waals surface area contributed by atoms with Gasteiger partial charge in [-0.1, -0.05) is 70.2 Å². The van der Waals surface area contributed by atoms with Gasteiger partial charge in [0, 0.05) is 22.8 Å². The maximum Gasteiger partial charge on any atom is 0.0370 e. The van der Waals surface area contributed by atoms with Crippen molar-refractivity contribution in [3.63, 3.8) is 0 Å². The van der Waals surface area contributed by atoms with E-state index < -0.39 is 0 Å². The molecule has 4 saturated carbocycles. The summed E-state index contributed by atoms with van der Waals surface area (Å²) in [6.07, 6.45) is 20.8. The molecule has 45 heavy (non-hydrogen) atoms. The van der Waals surface area contributed by atoms with Gasteiger partial charge in [-0.05, 0) is 159 Å². The minimum absolute atomic E-state index is 0.292. The van der Waals surface area contributed by atoms with Gasteiger partial charge in [-0.15, -0.1) is 0 Å². The van der Waals surface area contributed by atoms with Crippen molar-refractivity contribution in [2.45, 2.75) is 105 Å². The zero-order valence-electron chi connectivity index (χ0n) is 29.2. The third-order valence-electron chi connectivity index (χ3n) is 13.7. The van der Waals surface area contributed by atoms with Crippen LogP contribution < -0.4 is 22.9 Å². The third kappa shape index (κ3) is 5.80. The van der Waals surface area contributed by atoms with Crippen molar-refractivity contribution in [1.82, 2.24) is 0 Å². The first-order valence-electron chi connectivity index (χ1n) is 17.7. The van der Waals surface area contributed by atoms with Crippen molar-refractivity contribution < 1.29 is 0 Å². The van der Waals surface area contributed by atoms with Gasteiger partial charge in [-0.3, -0.25) is 0 Å². The van der Waals surface area contributed by atoms with Gasteiger partial charge in [0.2, 0.25) is 0 Å². The number of rotatable bonds is 7. The van der Waals surface area contributed by atoms with E-state index in [9.17, 15) is 0 Å². The molecule has 4 nitrogen and oxygen atoms in total. The molecule has 0 saturated heterocycles. The van der Waals surface area contributed by atoms with E-state index in [1.54, 1.807) is 6.08 Å². The summed E-state index contributed by atoms with van der Waals surface area (Å²) in [4.78, 5) is 0. The van der Waals surface area contributed by atoms with Crippen LogP contribution in [0.15, 0.2) is 78.2 Å². The Balaban J connectivity index is 0.000000444. The number of benzene rings is 1. The van der Waals surface area contributed by atoms with Crippen LogP contribution in [0.3, 0.4) is 0 Å². The molecule has 246 valence electrons. The SMILES string of the molecule is C=C/C(N)=C\C(=C)N.CC(C)=CCCC(C)C1CCC2C3CC=C4C(C)(CCC5C(c6ccc(N)cc6N)C45C)C3CCC12C. The van der Waals surface area contributed by atoms with Crippen LogP contribution in [0.1, 0.15) is 111 Å². The Hall–Kier alpha value is -2.88. The molecular weight excluding hydrogens is 548 g/mol. The van der Waals surface area contributed by atoms with Crippen molar-refractivity contribution >= 4 is 11.4 Å². The van der Waals surface area contributed by atoms with E-state index in [2.05, 4.69) is 79.0 Å². The second-order valence-electron chi connectivity index (χ2n) is 16.4. The predicted molar refractivity (Wildman–Crippen MR) is 194 cm³/mol. The molecule has 10 atom stereocenters. The lowest BCUT2D eigenvalue weighted by molar-refractivity contribution is -0.0534. The van der Waals surface area contributed by atoms with Crippen LogP contribution in [-0.4, -0.2) is 0 Å². The second-order valence-corrected chi connectivity index (χ2v) is 16.4. The van der Waals surface area contributed by atoms with Gasteiger partial charge in [0.25, 0.3) is 0 Å². The Kier molecular flexibility index (Phi) is 9.21. The maximum absolute atomic E-state index is 6.54. The number of nitrogen functional groups attached to an aromatic ring is 2. The summed E-state index contributed by atoms with van der Waals surface area (Å²) in [5.41, 5.74) is 31.6. The number of anilines is 2. The highest BCUT2D eigenvalue weighted by molar-refractivity contribution is 5.62. The van der Waals surface area contributed by atoms with Crippen LogP contribution >= 0.6 is 0 Å². The minimum Gasteiger partial charge on any atom is -0.399 e. The maximum atomic E-state index is 6.54. The Labute approximate surface area is 274 Å². The Morgan fingerprint density at radius 1 is 1.00 bits per heavy atom. The van der Waals surface area contributed by atoms with Crippen molar-refractivity contribution in [2.75, 3.05) is 11.5 Å². The van der Waals surface area contributed by atoms with E-state index in [0.717, 1.165) is 46.9 Å². The molecule has 8 N–H and O–H groups in total. The summed E-state index contributed by atoms with van der Waals surface area (Å²) in [6.45, 7) is 21.9. The van der Waals surface area contributed by atoms with E-state index >= 15 is 0 Å². The third-order valence-corrected chi connectivity index (χ3v) is 13.7. The highest BCUT2D eigenvalue weighted by Gasteiger charge is 2.71. The molecule has 6 rings (SSSR count). The Morgan fingerprint density at radius 3 is 2.33 bits per heavy atom. The smallest absolute Gasteiger partial charge is 0.0370 e. The van der Waals surface area contributed by atoms with E-state index in [0.29, 0.717) is 33.6 Å². The van der Waals surface area contributed by atoms with Crippen molar-refractivity contribution in [3.8, 4) is 0 Å². The number of allylic oxidation sites excluding steroid dienone is 6. The van der Waals surface area contributed by atoms with Gasteiger partial charge in [0.05, 0.1) is 0 Å². The Bertz CT molecular complexity index is 1400. The second kappa shape index (κ2) is 12.4. The van der Waals surface area contributed by atoms with E-state index in [1.807, 2.05) is 11.6 Å². The van der Waals surface area contributed by atoms with Crippen LogP contribution in [0.5, 0.6) is 0 Å². The molecule has 5 aliphatic rings. The predicted octanol–water partition coefficient (Wildman–Crippen LogP) is 9.63. The first-order valence-corrected chi connectivity index (χ1v) is 17.7. The molecule has 4 fully saturated rings. The first-order chi connectivity index (χ1) is 21.2. The van der Waals surface area contributed by atoms with Crippen LogP contribution in [-0.2, 0) is 0 Å². The van der Waals surface area contributed by atoms with E-state index in [4.69, 9.17) is 22.9 Å². The zero-order valence-corrected chi connectivity index (χ0v) is 29.2. The number of hydrogen-bond acceptors (Lipinski definition) is 4. The molecule has 0 spiro atoms. The molecule has 10 unspecified atom stereocenters. The van der Waals surface area contributed by atoms with Gasteiger partial charge in [0.15, 0.2) is 0 Å². The monoisotopic (exact) mass is 610 g/mol. The fourth-order valence-electron chi connectivity index (χ4n) is 11.6. The molecule has 0 heterocycles. The van der Waals surface area contributed by atoms with Crippen molar-refractivity contribution in [2.24, 2.45) is 63.2 Å². The highest BCUT2D eigenvalue weighted by Crippen LogP contribution is 2.80. The summed E-state index contributed by atoms with van der Waals surface area (Å²) < 4.78 is 0. The molecular formula is C41H62N4. The van der Waals surface area contributed by atoms with Gasteiger partial charge in [0.1, 0.15) is 0 Å². The first kappa shape index (κ1) is 33.5. The number of hydrogen-bond donors (Lipinski definition) is 4. The van der Waals surface area contributed by atoms with Gasteiger partial charge < -0.3 is 22.9 Å². The molecule has 0 radical (unpaired) electrons. The molecule has 0 bridgehead atoms. The summed E-state index contributed by atoms with van der Waals surface area (Å²) in [5, 5.41) is 0. The standard InChI is InChI=1S/C35H52N2.C6H10N2/c1-21(2)8-7-9-22(3)26-13-14-27-24-12-15-31-34(5,28(24)16-18-33(26,27)4)19-17-29-32(35(29,31)6)25-11-10-23(36)20-30(25)37;1-3-6(8)4-5(2)7/h8,10-11,15,20,22,24,26-29,32H,7,9,12-14,16-19,36-37H2,1-6H3;3-4H,1-2,7-8H2/b;6-4+. The van der Waals surface area contributed by atoms with Crippen LogP contribution in [0.4, 0.5) is 11.4 Å². The van der Waals surface area contributed by atoms with Crippen molar-refractivity contribution in [1.29, 1.82) is 0 Å². The summed E-state index contributed by atoms with van der Waals surface area (Å²) >= 11 is 0. The quantitative estimate of drug-likeness (QED) is 0.140. The average Bonchev–Trinajstić information content (AvgIpc) is 3.40. The molecule has 0 amide bonds. The lowest BCUT2D eigenvalue weighted by Gasteiger charge is -2.59. The van der Waals surface area contributed by atoms with Crippen LogP contribution in [0.2, 0.25) is 0 Å². The summed E-state index contributed by atoms with van der Waals surface area (Å²) in [7, 11) is 0. The number of nitrogens with two attached hydrogens (primary N) is 4. The van der Waals surface area contributed by atoms with Gasteiger partial charge in [-0.2, -0.15) is 0 Å². The van der Waals surface area contributed by atoms with Crippen molar-refractivity contribution in [3.05, 3.63) is 83.8 Å². The lowest BCUT2D eigenvalue weighted by Crippen LogP contribution is -2.51. The largest absolute Gasteiger partial charge is 0.399 e. The number of fused-ring (bicyclic) bond motifs is 7. The minimum atomic E-state index is 0.292. The molecule has 1 aromatic rings. The topological polar surface area (TPSA) is 104 Å². The highest BCUT2D eigenvalue weighted by atomic mass is 14.8.